The number of nitrogens with zero attached hydrogens (tertiary/aromatic N) is 2. The summed E-state index contributed by atoms with van der Waals surface area (Å²) in [6.07, 6.45) is 5.82. The summed E-state index contributed by atoms with van der Waals surface area (Å²) in [6.45, 7) is 4.62. The maximum atomic E-state index is 12.0. The first-order valence-corrected chi connectivity index (χ1v) is 9.59. The molecule has 0 bridgehead atoms. The Labute approximate surface area is 133 Å². The maximum absolute atomic E-state index is 12.0. The van der Waals surface area contributed by atoms with Crippen LogP contribution < -0.4 is 4.74 Å². The lowest BCUT2D eigenvalue weighted by Gasteiger charge is -2.29. The van der Waals surface area contributed by atoms with E-state index < -0.39 is 9.84 Å². The first-order chi connectivity index (χ1) is 10.3. The molecule has 5 nitrogen and oxygen atoms in total. The van der Waals surface area contributed by atoms with Gasteiger partial charge in [-0.1, -0.05) is 6.42 Å². The topological polar surface area (TPSA) is 59.5 Å². The minimum atomic E-state index is -3.01. The van der Waals surface area contributed by atoms with Gasteiger partial charge in [-0.25, -0.2) is 8.42 Å². The molecule has 2 unspecified atom stereocenters. The summed E-state index contributed by atoms with van der Waals surface area (Å²) >= 11 is 0. The standard InChI is InChI=1S/C16H26N2O3S/c1-11-9-17-13(12(2)16(11)21-4)10-18(3)14-7-6-8-15(14)22(5,19)20/h9,14-15H,6-8,10H2,1-5H3. The van der Waals surface area contributed by atoms with E-state index in [9.17, 15) is 8.42 Å². The summed E-state index contributed by atoms with van der Waals surface area (Å²) in [4.78, 5) is 6.64. The SMILES string of the molecule is COc1c(C)cnc(CN(C)C2CCCC2S(C)(=O)=O)c1C. The number of aromatic nitrogens is 1. The van der Waals surface area contributed by atoms with Crippen molar-refractivity contribution < 1.29 is 13.2 Å². The lowest BCUT2D eigenvalue weighted by Crippen LogP contribution is -2.41. The number of methoxy groups -OCH3 is 1. The third-order valence-electron chi connectivity index (χ3n) is 4.68. The fourth-order valence-electron chi connectivity index (χ4n) is 3.49. The van der Waals surface area contributed by atoms with Crippen LogP contribution in [0.1, 0.15) is 36.1 Å². The van der Waals surface area contributed by atoms with Crippen molar-refractivity contribution in [1.29, 1.82) is 0 Å². The molecule has 0 aromatic carbocycles. The van der Waals surface area contributed by atoms with Crippen LogP contribution in [0.15, 0.2) is 6.20 Å². The summed E-state index contributed by atoms with van der Waals surface area (Å²) in [5, 5.41) is -0.259. The van der Waals surface area contributed by atoms with Gasteiger partial charge in [0.15, 0.2) is 9.84 Å². The molecule has 22 heavy (non-hydrogen) atoms. The number of sulfone groups is 1. The molecular weight excluding hydrogens is 300 g/mol. The molecule has 124 valence electrons. The Bertz CT molecular complexity index is 643. The van der Waals surface area contributed by atoms with Crippen molar-refractivity contribution in [2.75, 3.05) is 20.4 Å². The molecule has 0 saturated heterocycles. The van der Waals surface area contributed by atoms with E-state index in [2.05, 4.69) is 9.88 Å². The molecule has 1 aliphatic rings. The zero-order valence-electron chi connectivity index (χ0n) is 14.1. The smallest absolute Gasteiger partial charge is 0.151 e. The van der Waals surface area contributed by atoms with E-state index in [0.29, 0.717) is 6.54 Å². The van der Waals surface area contributed by atoms with E-state index in [1.807, 2.05) is 27.1 Å². The maximum Gasteiger partial charge on any atom is 0.151 e. The fraction of sp³-hybridized carbons (Fsp3) is 0.688. The zero-order valence-corrected chi connectivity index (χ0v) is 14.9. The summed E-state index contributed by atoms with van der Waals surface area (Å²) in [5.74, 6) is 0.865. The molecular formula is C16H26N2O3S. The normalized spacial score (nSPS) is 22.3. The predicted molar refractivity (Wildman–Crippen MR) is 88.0 cm³/mol. The van der Waals surface area contributed by atoms with Gasteiger partial charge in [-0.05, 0) is 33.7 Å². The molecule has 1 fully saturated rings. The van der Waals surface area contributed by atoms with Gasteiger partial charge in [-0.2, -0.15) is 0 Å². The summed E-state index contributed by atoms with van der Waals surface area (Å²) < 4.78 is 29.3. The van der Waals surface area contributed by atoms with Gasteiger partial charge in [0.25, 0.3) is 0 Å². The molecule has 0 radical (unpaired) electrons. The lowest BCUT2D eigenvalue weighted by atomic mass is 10.1. The Balaban J connectivity index is 2.21. The second-order valence-electron chi connectivity index (χ2n) is 6.33. The monoisotopic (exact) mass is 326 g/mol. The number of rotatable bonds is 5. The molecule has 2 rings (SSSR count). The fourth-order valence-corrected chi connectivity index (χ4v) is 5.00. The molecule has 1 saturated carbocycles. The van der Waals surface area contributed by atoms with Crippen molar-refractivity contribution in [3.05, 3.63) is 23.0 Å². The number of pyridine rings is 1. The third kappa shape index (κ3) is 3.43. The minimum Gasteiger partial charge on any atom is -0.496 e. The number of ether oxygens (including phenoxy) is 1. The summed E-state index contributed by atoms with van der Waals surface area (Å²) in [5.41, 5.74) is 2.99. The highest BCUT2D eigenvalue weighted by atomic mass is 32.2. The Morgan fingerprint density at radius 3 is 2.64 bits per heavy atom. The van der Waals surface area contributed by atoms with E-state index >= 15 is 0 Å². The molecule has 0 spiro atoms. The Kier molecular flexibility index (Phi) is 5.12. The highest BCUT2D eigenvalue weighted by molar-refractivity contribution is 7.91. The van der Waals surface area contributed by atoms with Crippen LogP contribution in [0.25, 0.3) is 0 Å². The van der Waals surface area contributed by atoms with Gasteiger partial charge in [-0.15, -0.1) is 0 Å². The zero-order chi connectivity index (χ0) is 16.5. The van der Waals surface area contributed by atoms with Crippen LogP contribution in [0.5, 0.6) is 5.75 Å². The summed E-state index contributed by atoms with van der Waals surface area (Å²) in [7, 11) is 0.648. The van der Waals surface area contributed by atoms with Crippen LogP contribution in [0.2, 0.25) is 0 Å². The molecule has 1 aromatic heterocycles. The second kappa shape index (κ2) is 6.54. The highest BCUT2D eigenvalue weighted by Gasteiger charge is 2.37. The van der Waals surface area contributed by atoms with Crippen LogP contribution >= 0.6 is 0 Å². The summed E-state index contributed by atoms with van der Waals surface area (Å²) in [6, 6.07) is 0.0727. The van der Waals surface area contributed by atoms with Gasteiger partial charge in [0.05, 0.1) is 18.1 Å². The Morgan fingerprint density at radius 2 is 2.05 bits per heavy atom. The van der Waals surface area contributed by atoms with E-state index in [1.165, 1.54) is 6.26 Å². The van der Waals surface area contributed by atoms with Crippen molar-refractivity contribution in [1.82, 2.24) is 9.88 Å². The van der Waals surface area contributed by atoms with Crippen LogP contribution in [0.3, 0.4) is 0 Å². The van der Waals surface area contributed by atoms with Gasteiger partial charge in [0.2, 0.25) is 0 Å². The number of hydrogen-bond donors (Lipinski definition) is 0. The van der Waals surface area contributed by atoms with E-state index in [1.54, 1.807) is 7.11 Å². The average Bonchev–Trinajstić information content (AvgIpc) is 2.92. The van der Waals surface area contributed by atoms with Crippen LogP contribution in [-0.4, -0.2) is 50.0 Å². The molecule has 1 heterocycles. The molecule has 6 heteroatoms. The van der Waals surface area contributed by atoms with Crippen LogP contribution in [0.4, 0.5) is 0 Å². The molecule has 2 atom stereocenters. The predicted octanol–water partition coefficient (Wildman–Crippen LogP) is 2.10. The molecule has 0 amide bonds. The molecule has 0 N–H and O–H groups in total. The van der Waals surface area contributed by atoms with E-state index in [0.717, 1.165) is 41.8 Å². The van der Waals surface area contributed by atoms with E-state index in [4.69, 9.17) is 4.74 Å². The van der Waals surface area contributed by atoms with Crippen molar-refractivity contribution in [3.8, 4) is 5.75 Å². The lowest BCUT2D eigenvalue weighted by molar-refractivity contribution is 0.235. The molecule has 1 aromatic rings. The largest absolute Gasteiger partial charge is 0.496 e. The molecule has 1 aliphatic carbocycles. The van der Waals surface area contributed by atoms with Crippen molar-refractivity contribution in [2.24, 2.45) is 0 Å². The first-order valence-electron chi connectivity index (χ1n) is 7.64. The first kappa shape index (κ1) is 17.2. The minimum absolute atomic E-state index is 0.0727. The second-order valence-corrected chi connectivity index (χ2v) is 8.59. The van der Waals surface area contributed by atoms with Gasteiger partial charge in [0.1, 0.15) is 5.75 Å². The van der Waals surface area contributed by atoms with E-state index in [-0.39, 0.29) is 11.3 Å². The Morgan fingerprint density at radius 1 is 1.36 bits per heavy atom. The van der Waals surface area contributed by atoms with Crippen molar-refractivity contribution >= 4 is 9.84 Å². The van der Waals surface area contributed by atoms with Crippen molar-refractivity contribution in [3.63, 3.8) is 0 Å². The van der Waals surface area contributed by atoms with Crippen LogP contribution in [0, 0.1) is 13.8 Å². The number of hydrogen-bond acceptors (Lipinski definition) is 5. The Hall–Kier alpha value is -1.14. The quantitative estimate of drug-likeness (QED) is 0.829. The average molecular weight is 326 g/mol. The highest BCUT2D eigenvalue weighted by Crippen LogP contribution is 2.31. The van der Waals surface area contributed by atoms with Gasteiger partial charge in [0, 0.05) is 36.2 Å². The van der Waals surface area contributed by atoms with Crippen molar-refractivity contribution in [2.45, 2.75) is 50.9 Å². The third-order valence-corrected chi connectivity index (χ3v) is 6.33. The van der Waals surface area contributed by atoms with Gasteiger partial charge < -0.3 is 4.74 Å². The van der Waals surface area contributed by atoms with Crippen LogP contribution in [-0.2, 0) is 16.4 Å². The van der Waals surface area contributed by atoms with Gasteiger partial charge in [-0.3, -0.25) is 9.88 Å². The molecule has 0 aliphatic heterocycles. The van der Waals surface area contributed by atoms with Gasteiger partial charge >= 0.3 is 0 Å². The number of aryl methyl sites for hydroxylation is 1.